The van der Waals surface area contributed by atoms with Gasteiger partial charge in [0.25, 0.3) is 0 Å². The summed E-state index contributed by atoms with van der Waals surface area (Å²) >= 11 is 0. The van der Waals surface area contributed by atoms with Crippen molar-refractivity contribution < 1.29 is 14.2 Å². The van der Waals surface area contributed by atoms with E-state index in [0.717, 1.165) is 49.2 Å². The van der Waals surface area contributed by atoms with Gasteiger partial charge in [-0.3, -0.25) is 4.99 Å². The minimum Gasteiger partial charge on any atom is -0.497 e. The normalized spacial score (nSPS) is 10.8. The van der Waals surface area contributed by atoms with E-state index in [2.05, 4.69) is 15.2 Å². The van der Waals surface area contributed by atoms with Gasteiger partial charge < -0.3 is 24.4 Å². The highest BCUT2D eigenvalue weighted by Crippen LogP contribution is 2.25. The first kappa shape index (κ1) is 22.8. The summed E-state index contributed by atoms with van der Waals surface area (Å²) in [5.41, 5.74) is 1.08. The predicted octanol–water partition coefficient (Wildman–Crippen LogP) is 2.76. The van der Waals surface area contributed by atoms with Gasteiger partial charge in [0.15, 0.2) is 5.96 Å². The zero-order chi connectivity index (χ0) is 17.1. The van der Waals surface area contributed by atoms with E-state index in [0.29, 0.717) is 6.54 Å². The molecule has 1 N–H and O–H groups in total. The maximum absolute atomic E-state index is 5.44. The molecule has 0 spiro atoms. The Morgan fingerprint density at radius 2 is 2.00 bits per heavy atom. The lowest BCUT2D eigenvalue weighted by molar-refractivity contribution is 0.145. The zero-order valence-electron chi connectivity index (χ0n) is 15.3. The molecule has 138 valence electrons. The number of rotatable bonds is 9. The van der Waals surface area contributed by atoms with Gasteiger partial charge in [0.05, 0.1) is 14.2 Å². The lowest BCUT2D eigenvalue weighted by Gasteiger charge is -2.23. The number of nitrogens with zero attached hydrogens (tertiary/aromatic N) is 2. The van der Waals surface area contributed by atoms with Crippen LogP contribution >= 0.6 is 24.0 Å². The van der Waals surface area contributed by atoms with Gasteiger partial charge >= 0.3 is 0 Å². The minimum absolute atomic E-state index is 0. The molecule has 0 saturated carbocycles. The summed E-state index contributed by atoms with van der Waals surface area (Å²) < 4.78 is 16.0. The first-order valence-electron chi connectivity index (χ1n) is 7.86. The molecule has 1 aromatic rings. The van der Waals surface area contributed by atoms with E-state index in [-0.39, 0.29) is 24.0 Å². The van der Waals surface area contributed by atoms with Crippen molar-refractivity contribution in [3.8, 4) is 11.5 Å². The SMILES string of the molecule is CCOCCCNC(=NC)N(C)Cc1ccc(OC)cc1OC.I. The summed E-state index contributed by atoms with van der Waals surface area (Å²) in [6.07, 6.45) is 0.951. The maximum Gasteiger partial charge on any atom is 0.193 e. The molecule has 0 unspecified atom stereocenters. The molecular weight excluding hydrogens is 421 g/mol. The van der Waals surface area contributed by atoms with Crippen molar-refractivity contribution in [3.63, 3.8) is 0 Å². The molecule has 24 heavy (non-hydrogen) atoms. The highest BCUT2D eigenvalue weighted by molar-refractivity contribution is 14.0. The summed E-state index contributed by atoms with van der Waals surface area (Å²) in [5.74, 6) is 2.44. The van der Waals surface area contributed by atoms with Crippen LogP contribution in [0.3, 0.4) is 0 Å². The third kappa shape index (κ3) is 7.57. The van der Waals surface area contributed by atoms with Gasteiger partial charge in [-0.2, -0.15) is 0 Å². The Bertz CT molecular complexity index is 498. The van der Waals surface area contributed by atoms with Gasteiger partial charge in [0, 0.05) is 52.0 Å². The molecule has 0 amide bonds. The monoisotopic (exact) mass is 451 g/mol. The Hall–Kier alpha value is -1.22. The standard InChI is InChI=1S/C17H29N3O3.HI/c1-6-23-11-7-10-19-17(18-2)20(3)13-14-8-9-15(21-4)12-16(14)22-5;/h8-9,12H,6-7,10-11,13H2,1-5H3,(H,18,19);1H. The molecule has 0 aliphatic heterocycles. The number of nitrogens with one attached hydrogen (secondary N) is 1. The quantitative estimate of drug-likeness (QED) is 0.271. The molecule has 1 rings (SSSR count). The number of ether oxygens (including phenoxy) is 3. The number of guanidine groups is 1. The fraction of sp³-hybridized carbons (Fsp3) is 0.588. The van der Waals surface area contributed by atoms with Crippen molar-refractivity contribution in [1.82, 2.24) is 10.2 Å². The van der Waals surface area contributed by atoms with Gasteiger partial charge in [-0.25, -0.2) is 0 Å². The second-order valence-corrected chi connectivity index (χ2v) is 5.06. The number of benzene rings is 1. The summed E-state index contributed by atoms with van der Waals surface area (Å²) in [5, 5.41) is 3.34. The number of hydrogen-bond acceptors (Lipinski definition) is 4. The van der Waals surface area contributed by atoms with Crippen LogP contribution in [0.15, 0.2) is 23.2 Å². The maximum atomic E-state index is 5.44. The molecule has 0 bridgehead atoms. The average molecular weight is 451 g/mol. The molecule has 0 fully saturated rings. The molecule has 6 nitrogen and oxygen atoms in total. The molecule has 0 atom stereocenters. The summed E-state index contributed by atoms with van der Waals surface area (Å²) in [6.45, 7) is 5.04. The fourth-order valence-corrected chi connectivity index (χ4v) is 2.22. The van der Waals surface area contributed by atoms with Crippen LogP contribution in [0.4, 0.5) is 0 Å². The third-order valence-corrected chi connectivity index (χ3v) is 3.43. The van der Waals surface area contributed by atoms with Crippen molar-refractivity contribution in [2.75, 3.05) is 48.1 Å². The van der Waals surface area contributed by atoms with Gasteiger partial charge in [0.1, 0.15) is 11.5 Å². The molecule has 0 aromatic heterocycles. The molecule has 7 heteroatoms. The van der Waals surface area contributed by atoms with Crippen LogP contribution in [-0.2, 0) is 11.3 Å². The van der Waals surface area contributed by atoms with Crippen LogP contribution in [0, 0.1) is 0 Å². The smallest absolute Gasteiger partial charge is 0.193 e. The Morgan fingerprint density at radius 3 is 2.58 bits per heavy atom. The van der Waals surface area contributed by atoms with E-state index in [1.165, 1.54) is 0 Å². The molecule has 0 saturated heterocycles. The van der Waals surface area contributed by atoms with Crippen LogP contribution in [0.25, 0.3) is 0 Å². The number of hydrogen-bond donors (Lipinski definition) is 1. The molecule has 1 aromatic carbocycles. The summed E-state index contributed by atoms with van der Waals surface area (Å²) in [7, 11) is 7.10. The van der Waals surface area contributed by atoms with Crippen molar-refractivity contribution in [1.29, 1.82) is 0 Å². The van der Waals surface area contributed by atoms with Gasteiger partial charge in [0.2, 0.25) is 0 Å². The summed E-state index contributed by atoms with van der Waals surface area (Å²) in [6, 6.07) is 5.84. The zero-order valence-corrected chi connectivity index (χ0v) is 17.6. The average Bonchev–Trinajstić information content (AvgIpc) is 2.58. The number of halogens is 1. The van der Waals surface area contributed by atoms with E-state index in [9.17, 15) is 0 Å². The van der Waals surface area contributed by atoms with Gasteiger partial charge in [-0.1, -0.05) is 0 Å². The Labute approximate surface area is 162 Å². The molecular formula is C17H30IN3O3. The van der Waals surface area contributed by atoms with Crippen LogP contribution in [0.1, 0.15) is 18.9 Å². The lowest BCUT2D eigenvalue weighted by Crippen LogP contribution is -2.39. The van der Waals surface area contributed by atoms with Crippen molar-refractivity contribution >= 4 is 29.9 Å². The summed E-state index contributed by atoms with van der Waals surface area (Å²) in [4.78, 5) is 6.38. The van der Waals surface area contributed by atoms with Crippen LogP contribution in [-0.4, -0.2) is 58.9 Å². The van der Waals surface area contributed by atoms with Crippen LogP contribution < -0.4 is 14.8 Å². The molecule has 0 heterocycles. The van der Waals surface area contributed by atoms with E-state index >= 15 is 0 Å². The second-order valence-electron chi connectivity index (χ2n) is 5.06. The Morgan fingerprint density at radius 1 is 1.25 bits per heavy atom. The van der Waals surface area contributed by atoms with Crippen molar-refractivity contribution in [2.45, 2.75) is 19.9 Å². The molecule has 0 aliphatic carbocycles. The molecule has 0 aliphatic rings. The first-order chi connectivity index (χ1) is 11.2. The second kappa shape index (κ2) is 13.1. The molecule has 0 radical (unpaired) electrons. The van der Waals surface area contributed by atoms with E-state index < -0.39 is 0 Å². The number of aliphatic imine (C=N–C) groups is 1. The first-order valence-corrected chi connectivity index (χ1v) is 7.86. The fourth-order valence-electron chi connectivity index (χ4n) is 2.22. The Kier molecular flexibility index (Phi) is 12.4. The van der Waals surface area contributed by atoms with Crippen molar-refractivity contribution in [3.05, 3.63) is 23.8 Å². The van der Waals surface area contributed by atoms with Crippen LogP contribution in [0.5, 0.6) is 11.5 Å². The van der Waals surface area contributed by atoms with E-state index in [4.69, 9.17) is 14.2 Å². The van der Waals surface area contributed by atoms with Crippen molar-refractivity contribution in [2.24, 2.45) is 4.99 Å². The largest absolute Gasteiger partial charge is 0.497 e. The number of methoxy groups -OCH3 is 2. The predicted molar refractivity (Wildman–Crippen MR) is 109 cm³/mol. The van der Waals surface area contributed by atoms with Gasteiger partial charge in [-0.05, 0) is 25.5 Å². The van der Waals surface area contributed by atoms with E-state index in [1.807, 2.05) is 32.2 Å². The van der Waals surface area contributed by atoms with Crippen LogP contribution in [0.2, 0.25) is 0 Å². The van der Waals surface area contributed by atoms with E-state index in [1.54, 1.807) is 21.3 Å². The van der Waals surface area contributed by atoms with Gasteiger partial charge in [-0.15, -0.1) is 24.0 Å². The lowest BCUT2D eigenvalue weighted by atomic mass is 10.2. The highest BCUT2D eigenvalue weighted by atomic mass is 127. The topological polar surface area (TPSA) is 55.3 Å². The third-order valence-electron chi connectivity index (χ3n) is 3.43. The minimum atomic E-state index is 0. The Balaban J connectivity index is 0.00000529. The highest BCUT2D eigenvalue weighted by Gasteiger charge is 2.11.